The van der Waals surface area contributed by atoms with Gasteiger partial charge in [0.2, 0.25) is 5.79 Å². The van der Waals surface area contributed by atoms with Crippen LogP contribution in [0.3, 0.4) is 0 Å². The molecule has 0 amide bonds. The van der Waals surface area contributed by atoms with Crippen molar-refractivity contribution in [2.45, 2.75) is 36.6 Å². The van der Waals surface area contributed by atoms with Crippen LogP contribution in [0.4, 0.5) is 0 Å². The highest BCUT2D eigenvalue weighted by molar-refractivity contribution is 5.96. The van der Waals surface area contributed by atoms with Crippen molar-refractivity contribution in [1.82, 2.24) is 0 Å². The van der Waals surface area contributed by atoms with Gasteiger partial charge in [-0.15, -0.1) is 0 Å². The van der Waals surface area contributed by atoms with Gasteiger partial charge in [0, 0.05) is 5.56 Å². The largest absolute Gasteiger partial charge is 0.394 e. The molecule has 0 bridgehead atoms. The smallest absolute Gasteiger partial charge is 0.202 e. The molecule has 5 N–H and O–H groups in total. The average Bonchev–Trinajstić information content (AvgIpc) is 2.50. The summed E-state index contributed by atoms with van der Waals surface area (Å²) in [5, 5.41) is 48.5. The quantitative estimate of drug-likeness (QED) is 0.425. The average molecular weight is 298 g/mol. The van der Waals surface area contributed by atoms with Gasteiger partial charge in [0.15, 0.2) is 5.78 Å². The highest BCUT2D eigenvalue weighted by atomic mass is 16.7. The molecule has 7 nitrogen and oxygen atoms in total. The number of carbonyl (C=O) groups excluding carboxylic acids is 1. The van der Waals surface area contributed by atoms with E-state index in [2.05, 4.69) is 0 Å². The van der Waals surface area contributed by atoms with E-state index in [1.54, 1.807) is 18.2 Å². The van der Waals surface area contributed by atoms with Gasteiger partial charge < -0.3 is 30.3 Å². The third kappa shape index (κ3) is 3.13. The van der Waals surface area contributed by atoms with Crippen molar-refractivity contribution in [3.8, 4) is 0 Å². The lowest BCUT2D eigenvalue weighted by atomic mass is 9.88. The third-order valence-electron chi connectivity index (χ3n) is 3.56. The van der Waals surface area contributed by atoms with Gasteiger partial charge in [-0.05, 0) is 0 Å². The summed E-state index contributed by atoms with van der Waals surface area (Å²) in [5.74, 6) is -2.88. The Kier molecular flexibility index (Phi) is 4.72. The molecule has 2 rings (SSSR count). The maximum Gasteiger partial charge on any atom is 0.202 e. The molecular formula is C14H18O7. The van der Waals surface area contributed by atoms with Crippen molar-refractivity contribution >= 4 is 5.78 Å². The van der Waals surface area contributed by atoms with Crippen molar-refractivity contribution in [3.63, 3.8) is 0 Å². The molecule has 0 aromatic heterocycles. The summed E-state index contributed by atoms with van der Waals surface area (Å²) in [4.78, 5) is 12.1. The fourth-order valence-corrected chi connectivity index (χ4v) is 2.32. The number of aliphatic hydroxyl groups excluding tert-OH is 4. The summed E-state index contributed by atoms with van der Waals surface area (Å²) in [7, 11) is 0. The SMILES string of the molecule is O=C(C[C@@]1(O)O[C@H](CO)[C@H](O)[C@H](O)[C@H]1O)c1ccccc1. The predicted molar refractivity (Wildman–Crippen MR) is 70.3 cm³/mol. The minimum absolute atomic E-state index is 0.308. The first-order valence-corrected chi connectivity index (χ1v) is 6.52. The van der Waals surface area contributed by atoms with E-state index in [0.29, 0.717) is 5.56 Å². The van der Waals surface area contributed by atoms with Crippen LogP contribution in [0.1, 0.15) is 16.8 Å². The maximum atomic E-state index is 12.1. The first kappa shape index (κ1) is 16.0. The summed E-state index contributed by atoms with van der Waals surface area (Å²) < 4.78 is 5.03. The highest BCUT2D eigenvalue weighted by Gasteiger charge is 2.53. The van der Waals surface area contributed by atoms with Crippen LogP contribution in [-0.4, -0.2) is 68.1 Å². The Bertz CT molecular complexity index is 489. The zero-order valence-corrected chi connectivity index (χ0v) is 11.2. The minimum Gasteiger partial charge on any atom is -0.394 e. The normalized spacial score (nSPS) is 36.4. The standard InChI is InChI=1S/C14H18O7/c15-7-10-11(17)12(18)13(19)14(20,21-10)6-9(16)8-4-2-1-3-5-8/h1-5,10-13,15,17-20H,6-7H2/t10-,11+,12+,13-,14-/m1/s1. The van der Waals surface area contributed by atoms with Crippen LogP contribution in [-0.2, 0) is 4.74 Å². The van der Waals surface area contributed by atoms with Crippen LogP contribution in [0.5, 0.6) is 0 Å². The van der Waals surface area contributed by atoms with Gasteiger partial charge in [0.25, 0.3) is 0 Å². The molecule has 116 valence electrons. The molecule has 1 aromatic carbocycles. The molecular weight excluding hydrogens is 280 g/mol. The third-order valence-corrected chi connectivity index (χ3v) is 3.56. The predicted octanol–water partition coefficient (Wildman–Crippen LogP) is -1.58. The van der Waals surface area contributed by atoms with E-state index in [1.165, 1.54) is 12.1 Å². The van der Waals surface area contributed by atoms with E-state index in [1.807, 2.05) is 0 Å². The van der Waals surface area contributed by atoms with Crippen LogP contribution in [0.2, 0.25) is 0 Å². The van der Waals surface area contributed by atoms with Crippen molar-refractivity contribution in [1.29, 1.82) is 0 Å². The molecule has 0 saturated carbocycles. The minimum atomic E-state index is -2.38. The molecule has 1 fully saturated rings. The van der Waals surface area contributed by atoms with Crippen molar-refractivity contribution in [3.05, 3.63) is 35.9 Å². The second-order valence-electron chi connectivity index (χ2n) is 5.08. The lowest BCUT2D eigenvalue weighted by Gasteiger charge is -2.45. The Morgan fingerprint density at radius 2 is 1.76 bits per heavy atom. The van der Waals surface area contributed by atoms with Crippen molar-refractivity contribution < 1.29 is 35.1 Å². The van der Waals surface area contributed by atoms with Crippen LogP contribution < -0.4 is 0 Å². The Hall–Kier alpha value is -1.35. The number of benzene rings is 1. The summed E-state index contributed by atoms with van der Waals surface area (Å²) in [6.45, 7) is -0.674. The van der Waals surface area contributed by atoms with Crippen molar-refractivity contribution in [2.24, 2.45) is 0 Å². The van der Waals surface area contributed by atoms with E-state index in [-0.39, 0.29) is 0 Å². The molecule has 0 unspecified atom stereocenters. The first-order chi connectivity index (χ1) is 9.89. The monoisotopic (exact) mass is 298 g/mol. The number of hydrogen-bond donors (Lipinski definition) is 5. The molecule has 5 atom stereocenters. The van der Waals surface area contributed by atoms with Gasteiger partial charge in [-0.1, -0.05) is 30.3 Å². The Labute approximate surface area is 121 Å². The fraction of sp³-hybridized carbons (Fsp3) is 0.500. The Morgan fingerprint density at radius 3 is 2.33 bits per heavy atom. The first-order valence-electron chi connectivity index (χ1n) is 6.52. The number of hydrogen-bond acceptors (Lipinski definition) is 7. The second kappa shape index (κ2) is 6.18. The molecule has 1 aromatic rings. The number of Topliss-reactive ketones (excluding diaryl/α,β-unsaturated/α-hetero) is 1. The highest BCUT2D eigenvalue weighted by Crippen LogP contribution is 2.31. The lowest BCUT2D eigenvalue weighted by Crippen LogP contribution is -2.65. The molecule has 0 radical (unpaired) electrons. The second-order valence-corrected chi connectivity index (χ2v) is 5.08. The van der Waals surface area contributed by atoms with Gasteiger partial charge in [-0.25, -0.2) is 0 Å². The number of aliphatic hydroxyl groups is 5. The molecule has 1 heterocycles. The van der Waals surface area contributed by atoms with Gasteiger partial charge in [-0.3, -0.25) is 4.79 Å². The summed E-state index contributed by atoms with van der Waals surface area (Å²) >= 11 is 0. The van der Waals surface area contributed by atoms with Crippen molar-refractivity contribution in [2.75, 3.05) is 6.61 Å². The van der Waals surface area contributed by atoms with E-state index < -0.39 is 49.0 Å². The van der Waals surface area contributed by atoms with E-state index in [0.717, 1.165) is 0 Å². The maximum absolute atomic E-state index is 12.1. The molecule has 1 aliphatic rings. The van der Waals surface area contributed by atoms with E-state index in [9.17, 15) is 25.2 Å². The molecule has 0 spiro atoms. The fourth-order valence-electron chi connectivity index (χ4n) is 2.32. The summed E-state index contributed by atoms with van der Waals surface area (Å²) in [6.07, 6.45) is -7.07. The van der Waals surface area contributed by atoms with Gasteiger partial charge in [0.05, 0.1) is 13.0 Å². The lowest BCUT2D eigenvalue weighted by molar-refractivity contribution is -0.346. The number of ether oxygens (including phenoxy) is 1. The Balaban J connectivity index is 2.18. The Morgan fingerprint density at radius 1 is 1.14 bits per heavy atom. The van der Waals surface area contributed by atoms with Gasteiger partial charge >= 0.3 is 0 Å². The zero-order chi connectivity index (χ0) is 15.6. The van der Waals surface area contributed by atoms with Crippen LogP contribution in [0.15, 0.2) is 30.3 Å². The van der Waals surface area contributed by atoms with Crippen LogP contribution in [0.25, 0.3) is 0 Å². The summed E-state index contributed by atoms with van der Waals surface area (Å²) in [6, 6.07) is 8.08. The topological polar surface area (TPSA) is 127 Å². The number of carbonyl (C=O) groups is 1. The number of rotatable bonds is 4. The zero-order valence-electron chi connectivity index (χ0n) is 11.2. The molecule has 7 heteroatoms. The molecule has 0 aliphatic carbocycles. The molecule has 21 heavy (non-hydrogen) atoms. The molecule has 1 aliphatic heterocycles. The van der Waals surface area contributed by atoms with E-state index in [4.69, 9.17) is 9.84 Å². The summed E-state index contributed by atoms with van der Waals surface area (Å²) in [5.41, 5.74) is 0.308. The van der Waals surface area contributed by atoms with Gasteiger partial charge in [0.1, 0.15) is 24.4 Å². The van der Waals surface area contributed by atoms with Crippen LogP contribution >= 0.6 is 0 Å². The molecule has 1 saturated heterocycles. The van der Waals surface area contributed by atoms with Gasteiger partial charge in [-0.2, -0.15) is 0 Å². The van der Waals surface area contributed by atoms with E-state index >= 15 is 0 Å². The number of ketones is 1. The van der Waals surface area contributed by atoms with Crippen LogP contribution in [0, 0.1) is 0 Å².